The Labute approximate surface area is 154 Å². The maximum atomic E-state index is 13.5. The molecule has 0 fully saturated rings. The Morgan fingerprint density at radius 3 is 2.44 bits per heavy atom. The van der Waals surface area contributed by atoms with Gasteiger partial charge in [0.05, 0.1) is 31.9 Å². The number of pyridine rings is 1. The molecule has 0 amide bonds. The van der Waals surface area contributed by atoms with E-state index in [-0.39, 0.29) is 36.5 Å². The average molecular weight is 405 g/mol. The van der Waals surface area contributed by atoms with Crippen LogP contribution in [0.2, 0.25) is 10.0 Å². The largest absolute Gasteiger partial charge is 0.417 e. The number of hydrogen-bond donors (Lipinski definition) is 1. The number of aromatic nitrogens is 1. The summed E-state index contributed by atoms with van der Waals surface area (Å²) in [4.78, 5) is 16.0. The minimum absolute atomic E-state index is 0.0404. The van der Waals surface area contributed by atoms with Crippen LogP contribution >= 0.6 is 34.5 Å². The second kappa shape index (κ2) is 6.16. The minimum Gasteiger partial charge on any atom is -0.397 e. The van der Waals surface area contributed by atoms with Crippen molar-refractivity contribution in [2.75, 3.05) is 5.73 Å². The summed E-state index contributed by atoms with van der Waals surface area (Å²) in [6.07, 6.45) is -4.66. The van der Waals surface area contributed by atoms with Crippen molar-refractivity contribution in [1.29, 1.82) is 0 Å². The Bertz CT molecular complexity index is 1010. The molecule has 0 radical (unpaired) electrons. The van der Waals surface area contributed by atoms with Crippen LogP contribution < -0.4 is 5.73 Å². The van der Waals surface area contributed by atoms with E-state index in [4.69, 9.17) is 28.9 Å². The fourth-order valence-electron chi connectivity index (χ4n) is 2.41. The quantitative estimate of drug-likeness (QED) is 0.527. The smallest absolute Gasteiger partial charge is 0.397 e. The third kappa shape index (κ3) is 3.19. The van der Waals surface area contributed by atoms with E-state index in [0.717, 1.165) is 17.4 Å². The average Bonchev–Trinajstić information content (AvgIpc) is 2.85. The van der Waals surface area contributed by atoms with Crippen molar-refractivity contribution >= 4 is 56.2 Å². The topological polar surface area (TPSA) is 56.0 Å². The molecule has 2 N–H and O–H groups in total. The lowest BCUT2D eigenvalue weighted by Crippen LogP contribution is -2.08. The Balaban J connectivity index is 2.35. The molecule has 0 aliphatic heterocycles. The maximum Gasteiger partial charge on any atom is 0.417 e. The van der Waals surface area contributed by atoms with Gasteiger partial charge in [0, 0.05) is 17.9 Å². The monoisotopic (exact) mass is 404 g/mol. The highest BCUT2D eigenvalue weighted by Gasteiger charge is 2.36. The molecule has 9 heteroatoms. The first-order valence-electron chi connectivity index (χ1n) is 6.86. The van der Waals surface area contributed by atoms with Gasteiger partial charge >= 0.3 is 6.18 Å². The lowest BCUT2D eigenvalue weighted by Gasteiger charge is -2.11. The number of halogens is 5. The van der Waals surface area contributed by atoms with Gasteiger partial charge in [-0.05, 0) is 18.2 Å². The van der Waals surface area contributed by atoms with Crippen LogP contribution in [0.25, 0.3) is 21.5 Å². The number of rotatable bonds is 2. The molecule has 2 aromatic heterocycles. The zero-order valence-electron chi connectivity index (χ0n) is 12.5. The van der Waals surface area contributed by atoms with Crippen LogP contribution in [0.4, 0.5) is 18.9 Å². The first-order valence-corrected chi connectivity index (χ1v) is 8.43. The summed E-state index contributed by atoms with van der Waals surface area (Å²) in [6.45, 7) is 1.24. The molecular formula is C16H9Cl2F3N2OS. The number of carbonyl (C=O) groups excluding carboxylic acids is 1. The third-order valence-electron chi connectivity index (χ3n) is 3.54. The third-order valence-corrected chi connectivity index (χ3v) is 5.48. The molecule has 0 saturated carbocycles. The molecule has 0 atom stereocenters. The SMILES string of the molecule is CC(=O)c1sc2nc(-c3ccc(Cl)c(Cl)c3)cc(C(F)(F)F)c2c1N. The molecule has 1 aromatic carbocycles. The van der Waals surface area contributed by atoms with Crippen LogP contribution in [0.3, 0.4) is 0 Å². The number of nitrogens with zero attached hydrogens (tertiary/aromatic N) is 1. The lowest BCUT2D eigenvalue weighted by atomic mass is 10.1. The second-order valence-corrected chi connectivity index (χ2v) is 7.08. The highest BCUT2D eigenvalue weighted by molar-refractivity contribution is 7.21. The number of carbonyl (C=O) groups is 1. The molecule has 3 aromatic rings. The molecule has 0 spiro atoms. The number of Topliss-reactive ketones (excluding diaryl/α,β-unsaturated/α-hetero) is 1. The highest BCUT2D eigenvalue weighted by Crippen LogP contribution is 2.43. The van der Waals surface area contributed by atoms with Gasteiger partial charge in [0.1, 0.15) is 4.83 Å². The van der Waals surface area contributed by atoms with Gasteiger partial charge in [0.15, 0.2) is 5.78 Å². The molecule has 130 valence electrons. The molecule has 0 bridgehead atoms. The van der Waals surface area contributed by atoms with Crippen LogP contribution in [0.5, 0.6) is 0 Å². The number of thiophene rings is 1. The van der Waals surface area contributed by atoms with Crippen molar-refractivity contribution in [3.63, 3.8) is 0 Å². The first kappa shape index (κ1) is 18.0. The summed E-state index contributed by atoms with van der Waals surface area (Å²) in [6, 6.07) is 5.32. The van der Waals surface area contributed by atoms with Crippen molar-refractivity contribution in [2.24, 2.45) is 0 Å². The van der Waals surface area contributed by atoms with E-state index in [1.165, 1.54) is 25.1 Å². The lowest BCUT2D eigenvalue weighted by molar-refractivity contribution is -0.136. The Hall–Kier alpha value is -1.83. The van der Waals surface area contributed by atoms with E-state index >= 15 is 0 Å². The highest BCUT2D eigenvalue weighted by atomic mass is 35.5. The van der Waals surface area contributed by atoms with Gasteiger partial charge in [0.2, 0.25) is 0 Å². The van der Waals surface area contributed by atoms with E-state index in [9.17, 15) is 18.0 Å². The van der Waals surface area contributed by atoms with Gasteiger partial charge < -0.3 is 5.73 Å². The zero-order valence-corrected chi connectivity index (χ0v) is 14.9. The van der Waals surface area contributed by atoms with Crippen LogP contribution in [0.1, 0.15) is 22.2 Å². The van der Waals surface area contributed by atoms with E-state index in [0.29, 0.717) is 5.56 Å². The minimum atomic E-state index is -4.66. The predicted molar refractivity (Wildman–Crippen MR) is 94.5 cm³/mol. The van der Waals surface area contributed by atoms with Crippen molar-refractivity contribution in [1.82, 2.24) is 4.98 Å². The van der Waals surface area contributed by atoms with Gasteiger partial charge in [-0.3, -0.25) is 4.79 Å². The summed E-state index contributed by atoms with van der Waals surface area (Å²) in [5.41, 5.74) is 5.07. The van der Waals surface area contributed by atoms with Crippen LogP contribution in [0, 0.1) is 0 Å². The summed E-state index contributed by atoms with van der Waals surface area (Å²) < 4.78 is 40.6. The van der Waals surface area contributed by atoms with E-state index < -0.39 is 17.5 Å². The van der Waals surface area contributed by atoms with E-state index in [1.54, 1.807) is 0 Å². The van der Waals surface area contributed by atoms with Crippen LogP contribution in [-0.4, -0.2) is 10.8 Å². The summed E-state index contributed by atoms with van der Waals surface area (Å²) in [5.74, 6) is -0.412. The van der Waals surface area contributed by atoms with Gasteiger partial charge in [-0.15, -0.1) is 11.3 Å². The summed E-state index contributed by atoms with van der Waals surface area (Å²) >= 11 is 12.6. The number of anilines is 1. The van der Waals surface area contributed by atoms with Crippen molar-refractivity contribution < 1.29 is 18.0 Å². The summed E-state index contributed by atoms with van der Waals surface area (Å²) in [7, 11) is 0. The van der Waals surface area contributed by atoms with Crippen LogP contribution in [-0.2, 0) is 6.18 Å². The number of hydrogen-bond acceptors (Lipinski definition) is 4. The molecule has 3 rings (SSSR count). The first-order chi connectivity index (χ1) is 11.6. The molecule has 25 heavy (non-hydrogen) atoms. The van der Waals surface area contributed by atoms with Gasteiger partial charge in [-0.2, -0.15) is 13.2 Å². The fourth-order valence-corrected chi connectivity index (χ4v) is 3.72. The van der Waals surface area contributed by atoms with Crippen molar-refractivity contribution in [3.05, 3.63) is 44.8 Å². The fraction of sp³-hybridized carbons (Fsp3) is 0.125. The Kier molecular flexibility index (Phi) is 4.43. The normalized spacial score (nSPS) is 11.9. The zero-order chi connectivity index (χ0) is 18.5. The van der Waals surface area contributed by atoms with Gasteiger partial charge in [-0.1, -0.05) is 29.3 Å². The standard InChI is InChI=1S/C16H9Cl2F3N2OS/c1-6(24)14-13(22)12-8(16(19,20)21)5-11(23-15(12)25-14)7-2-3-9(17)10(18)4-7/h2-5H,22H2,1H3. The van der Waals surface area contributed by atoms with E-state index in [1.807, 2.05) is 0 Å². The maximum absolute atomic E-state index is 13.5. The molecule has 0 saturated heterocycles. The molecule has 0 aliphatic carbocycles. The molecule has 0 aliphatic rings. The van der Waals surface area contributed by atoms with Crippen LogP contribution in [0.15, 0.2) is 24.3 Å². The number of nitrogens with two attached hydrogens (primary N) is 1. The molecule has 2 heterocycles. The number of fused-ring (bicyclic) bond motifs is 1. The Morgan fingerprint density at radius 2 is 1.88 bits per heavy atom. The number of ketones is 1. The molecule has 0 unspecified atom stereocenters. The Morgan fingerprint density at radius 1 is 1.20 bits per heavy atom. The molecular weight excluding hydrogens is 396 g/mol. The number of alkyl halides is 3. The second-order valence-electron chi connectivity index (χ2n) is 5.26. The number of nitrogen functional groups attached to an aromatic ring is 1. The predicted octanol–water partition coefficient (Wildman–Crippen LogP) is 6.07. The molecule has 3 nitrogen and oxygen atoms in total. The number of benzene rings is 1. The van der Waals surface area contributed by atoms with E-state index in [2.05, 4.69) is 4.98 Å². The van der Waals surface area contributed by atoms with Crippen molar-refractivity contribution in [2.45, 2.75) is 13.1 Å². The van der Waals surface area contributed by atoms with Gasteiger partial charge in [-0.25, -0.2) is 4.98 Å². The van der Waals surface area contributed by atoms with Crippen molar-refractivity contribution in [3.8, 4) is 11.3 Å². The van der Waals surface area contributed by atoms with Gasteiger partial charge in [0.25, 0.3) is 0 Å². The summed E-state index contributed by atoms with van der Waals surface area (Å²) in [5, 5.41) is 0.220.